The number of hydrogen-bond donors (Lipinski definition) is 0. The summed E-state index contributed by atoms with van der Waals surface area (Å²) in [5, 5.41) is 0. The Bertz CT molecular complexity index is 318. The van der Waals surface area contributed by atoms with Crippen molar-refractivity contribution in [2.24, 2.45) is 0 Å². The fourth-order valence-electron chi connectivity index (χ4n) is 1.63. The van der Waals surface area contributed by atoms with Crippen molar-refractivity contribution in [1.29, 1.82) is 0 Å². The Kier molecular flexibility index (Phi) is 3.00. The normalized spacial score (nSPS) is 36.5. The highest BCUT2D eigenvalue weighted by Crippen LogP contribution is 2.31. The number of rotatable bonds is 3. The molecule has 2 saturated heterocycles. The summed E-state index contributed by atoms with van der Waals surface area (Å²) in [5.41, 5.74) is 0. The Morgan fingerprint density at radius 3 is 2.93 bits per heavy atom. The van der Waals surface area contributed by atoms with Crippen LogP contribution in [0.15, 0.2) is 0 Å². The number of hydrogen-bond acceptors (Lipinski definition) is 6. The molecule has 0 aromatic heterocycles. The summed E-state index contributed by atoms with van der Waals surface area (Å²) < 4.78 is 42.4. The van der Waals surface area contributed by atoms with Gasteiger partial charge in [0, 0.05) is 6.42 Å². The van der Waals surface area contributed by atoms with Crippen LogP contribution in [0.5, 0.6) is 0 Å². The van der Waals surface area contributed by atoms with Crippen LogP contribution in [0.3, 0.4) is 0 Å². The molecule has 6 nitrogen and oxygen atoms in total. The molecule has 0 amide bonds. The number of ether oxygens (including phenoxy) is 3. The molecule has 2 aliphatic rings. The second-order valence-corrected chi connectivity index (χ2v) is 5.40. The highest BCUT2D eigenvalue weighted by Gasteiger charge is 2.45. The summed E-state index contributed by atoms with van der Waals surface area (Å²) in [6.07, 6.45) is 1.36. The molecular formula is C8H14O6S. The van der Waals surface area contributed by atoms with E-state index in [1.54, 1.807) is 0 Å². The lowest BCUT2D eigenvalue weighted by atomic mass is 10.2. The van der Waals surface area contributed by atoms with Gasteiger partial charge < -0.3 is 14.2 Å². The minimum atomic E-state index is -3.41. The van der Waals surface area contributed by atoms with E-state index in [0.717, 1.165) is 6.26 Å². The van der Waals surface area contributed by atoms with Crippen molar-refractivity contribution < 1.29 is 26.8 Å². The molecule has 0 radical (unpaired) electrons. The molecule has 0 saturated carbocycles. The molecule has 0 aromatic rings. The predicted octanol–water partition coefficient (Wildman–Crippen LogP) is -0.505. The van der Waals surface area contributed by atoms with Gasteiger partial charge in [0.1, 0.15) is 12.7 Å². The molecule has 2 fully saturated rings. The van der Waals surface area contributed by atoms with E-state index in [-0.39, 0.29) is 12.7 Å². The van der Waals surface area contributed by atoms with Crippen LogP contribution >= 0.6 is 0 Å². The van der Waals surface area contributed by atoms with E-state index in [4.69, 9.17) is 14.2 Å². The fraction of sp³-hybridized carbons (Fsp3) is 1.00. The van der Waals surface area contributed by atoms with Crippen molar-refractivity contribution in [2.75, 3.05) is 32.7 Å². The first-order valence-corrected chi connectivity index (χ1v) is 6.55. The van der Waals surface area contributed by atoms with Crippen molar-refractivity contribution in [3.05, 3.63) is 0 Å². The van der Waals surface area contributed by atoms with Crippen molar-refractivity contribution in [3.8, 4) is 0 Å². The second kappa shape index (κ2) is 3.99. The molecule has 2 rings (SSSR count). The molecule has 2 unspecified atom stereocenters. The van der Waals surface area contributed by atoms with Crippen LogP contribution in [-0.2, 0) is 28.5 Å². The molecule has 15 heavy (non-hydrogen) atoms. The largest absolute Gasteiger partial charge is 0.376 e. The molecule has 2 heterocycles. The minimum absolute atomic E-state index is 0.000579. The van der Waals surface area contributed by atoms with Crippen LogP contribution in [0, 0.1) is 0 Å². The minimum Gasteiger partial charge on any atom is -0.376 e. The second-order valence-electron chi connectivity index (χ2n) is 3.75. The van der Waals surface area contributed by atoms with Crippen LogP contribution < -0.4 is 0 Å². The van der Waals surface area contributed by atoms with Crippen molar-refractivity contribution >= 4 is 10.1 Å². The SMILES string of the molecule is CS(=O)(=O)OCC1COC2(CCOC2)O1. The maximum Gasteiger partial charge on any atom is 0.264 e. The summed E-state index contributed by atoms with van der Waals surface area (Å²) in [5.74, 6) is -0.661. The Morgan fingerprint density at radius 1 is 1.53 bits per heavy atom. The summed E-state index contributed by atoms with van der Waals surface area (Å²) >= 11 is 0. The van der Waals surface area contributed by atoms with Gasteiger partial charge in [0.15, 0.2) is 5.79 Å². The molecule has 88 valence electrons. The molecule has 7 heteroatoms. The molecule has 1 spiro atoms. The van der Waals surface area contributed by atoms with Crippen molar-refractivity contribution in [1.82, 2.24) is 0 Å². The van der Waals surface area contributed by atoms with Gasteiger partial charge in [0.25, 0.3) is 10.1 Å². The molecule has 2 atom stereocenters. The third-order valence-electron chi connectivity index (χ3n) is 2.33. The van der Waals surface area contributed by atoms with Crippen LogP contribution in [0.2, 0.25) is 0 Å². The Labute approximate surface area is 88.6 Å². The van der Waals surface area contributed by atoms with E-state index >= 15 is 0 Å². The fourth-order valence-corrected chi connectivity index (χ4v) is 2.03. The highest BCUT2D eigenvalue weighted by molar-refractivity contribution is 7.85. The zero-order chi connectivity index (χ0) is 10.9. The van der Waals surface area contributed by atoms with Crippen LogP contribution in [0.1, 0.15) is 6.42 Å². The molecule has 0 aliphatic carbocycles. The van der Waals surface area contributed by atoms with Crippen molar-refractivity contribution in [2.45, 2.75) is 18.3 Å². The zero-order valence-corrected chi connectivity index (χ0v) is 9.29. The van der Waals surface area contributed by atoms with Gasteiger partial charge in [0.05, 0.1) is 26.1 Å². The summed E-state index contributed by atoms with van der Waals surface area (Å²) in [4.78, 5) is 0. The van der Waals surface area contributed by atoms with Gasteiger partial charge in [-0.3, -0.25) is 4.18 Å². The highest BCUT2D eigenvalue weighted by atomic mass is 32.2. The van der Waals surface area contributed by atoms with E-state index in [1.807, 2.05) is 0 Å². The molecule has 0 N–H and O–H groups in total. The topological polar surface area (TPSA) is 71.1 Å². The average Bonchev–Trinajstić information content (AvgIpc) is 2.73. The van der Waals surface area contributed by atoms with Gasteiger partial charge in [-0.25, -0.2) is 0 Å². The van der Waals surface area contributed by atoms with Crippen molar-refractivity contribution in [3.63, 3.8) is 0 Å². The molecule has 0 aromatic carbocycles. The van der Waals surface area contributed by atoms with Gasteiger partial charge in [-0.15, -0.1) is 0 Å². The maximum absolute atomic E-state index is 10.8. The Morgan fingerprint density at radius 2 is 2.33 bits per heavy atom. The summed E-state index contributed by atoms with van der Waals surface area (Å²) in [7, 11) is -3.41. The van der Waals surface area contributed by atoms with Gasteiger partial charge in [0.2, 0.25) is 0 Å². The molecular weight excluding hydrogens is 224 g/mol. The first-order valence-electron chi connectivity index (χ1n) is 4.73. The van der Waals surface area contributed by atoms with Gasteiger partial charge in [-0.2, -0.15) is 8.42 Å². The first kappa shape index (κ1) is 11.3. The van der Waals surface area contributed by atoms with E-state index in [1.165, 1.54) is 0 Å². The first-order chi connectivity index (χ1) is 6.99. The lowest BCUT2D eigenvalue weighted by molar-refractivity contribution is -0.167. The van der Waals surface area contributed by atoms with Gasteiger partial charge >= 0.3 is 0 Å². The van der Waals surface area contributed by atoms with E-state index in [0.29, 0.717) is 26.2 Å². The van der Waals surface area contributed by atoms with Crippen LogP contribution in [0.25, 0.3) is 0 Å². The zero-order valence-electron chi connectivity index (χ0n) is 8.47. The van der Waals surface area contributed by atoms with Crippen LogP contribution in [-0.4, -0.2) is 53.0 Å². The lowest BCUT2D eigenvalue weighted by Crippen LogP contribution is -2.32. The summed E-state index contributed by atoms with van der Waals surface area (Å²) in [6.45, 7) is 1.36. The Balaban J connectivity index is 1.82. The Hall–Kier alpha value is -0.210. The standard InChI is InChI=1S/C8H14O6S/c1-15(9,10)13-5-7-4-12-8(14-7)2-3-11-6-8/h7H,2-6H2,1H3. The quantitative estimate of drug-likeness (QED) is 0.617. The van der Waals surface area contributed by atoms with Crippen LogP contribution in [0.4, 0.5) is 0 Å². The average molecular weight is 238 g/mol. The third-order valence-corrected chi connectivity index (χ3v) is 2.90. The lowest BCUT2D eigenvalue weighted by Gasteiger charge is -2.19. The third kappa shape index (κ3) is 2.88. The monoisotopic (exact) mass is 238 g/mol. The molecule has 2 aliphatic heterocycles. The predicted molar refractivity (Wildman–Crippen MR) is 49.8 cm³/mol. The van der Waals surface area contributed by atoms with E-state index in [9.17, 15) is 8.42 Å². The molecule has 0 bridgehead atoms. The smallest absolute Gasteiger partial charge is 0.264 e. The van der Waals surface area contributed by atoms with Gasteiger partial charge in [-0.05, 0) is 0 Å². The van der Waals surface area contributed by atoms with Gasteiger partial charge in [-0.1, -0.05) is 0 Å². The van der Waals surface area contributed by atoms with E-state index < -0.39 is 15.9 Å². The maximum atomic E-state index is 10.8. The van der Waals surface area contributed by atoms with E-state index in [2.05, 4.69) is 4.18 Å². The summed E-state index contributed by atoms with van der Waals surface area (Å²) in [6, 6.07) is 0.